The van der Waals surface area contributed by atoms with Crippen molar-refractivity contribution in [2.75, 3.05) is 13.7 Å². The standard InChI is InChI=1S/C9H15N3O4S/c1-4-6(9(13)15-3)10-7-8(16-5-2)12-17(14)11-7/h6H,4-5H2,1-3H3,(H,10,11). The van der Waals surface area contributed by atoms with E-state index in [1.165, 1.54) is 7.11 Å². The second kappa shape index (κ2) is 6.33. The summed E-state index contributed by atoms with van der Waals surface area (Å²) in [6, 6.07) is -0.556. The van der Waals surface area contributed by atoms with E-state index >= 15 is 0 Å². The third-order valence-corrected chi connectivity index (χ3v) is 2.68. The highest BCUT2D eigenvalue weighted by Gasteiger charge is 2.26. The van der Waals surface area contributed by atoms with Gasteiger partial charge in [-0.3, -0.25) is 0 Å². The third kappa shape index (κ3) is 3.52. The molecule has 0 fully saturated rings. The number of esters is 1. The van der Waals surface area contributed by atoms with E-state index < -0.39 is 23.2 Å². The van der Waals surface area contributed by atoms with Gasteiger partial charge in [-0.05, 0) is 13.3 Å². The van der Waals surface area contributed by atoms with Crippen LogP contribution in [-0.2, 0) is 25.4 Å². The Morgan fingerprint density at radius 2 is 2.18 bits per heavy atom. The minimum Gasteiger partial charge on any atom is -0.475 e. The van der Waals surface area contributed by atoms with E-state index in [-0.39, 0.29) is 11.7 Å². The molecular weight excluding hydrogens is 246 g/mol. The molecule has 0 aromatic carbocycles. The highest BCUT2D eigenvalue weighted by atomic mass is 32.2. The number of nitrogens with one attached hydrogen (secondary N) is 1. The van der Waals surface area contributed by atoms with E-state index in [1.807, 2.05) is 6.92 Å². The Labute approximate surface area is 102 Å². The molecule has 8 heteroatoms. The Kier molecular flexibility index (Phi) is 5.08. The minimum atomic E-state index is -1.68. The fourth-order valence-electron chi connectivity index (χ4n) is 1.21. The van der Waals surface area contributed by atoms with Crippen LogP contribution in [0.25, 0.3) is 0 Å². The molecule has 0 saturated carbocycles. The van der Waals surface area contributed by atoms with Crippen LogP contribution in [0.5, 0.6) is 0 Å². The highest BCUT2D eigenvalue weighted by molar-refractivity contribution is 7.83. The summed E-state index contributed by atoms with van der Waals surface area (Å²) in [5.74, 6) is -0.0284. The van der Waals surface area contributed by atoms with Crippen molar-refractivity contribution >= 4 is 28.9 Å². The average Bonchev–Trinajstić information content (AvgIpc) is 2.66. The SMILES string of the molecule is CCOC1=NS(=O)N=C1NC(CC)C(=O)OC. The maximum atomic E-state index is 11.4. The molecule has 17 heavy (non-hydrogen) atoms. The van der Waals surface area contributed by atoms with Crippen molar-refractivity contribution in [2.24, 2.45) is 8.80 Å². The number of hydrogen-bond acceptors (Lipinski definition) is 5. The zero-order chi connectivity index (χ0) is 12.8. The quantitative estimate of drug-likeness (QED) is 0.717. The summed E-state index contributed by atoms with van der Waals surface area (Å²) in [5, 5.41) is 2.81. The number of hydrogen-bond donors (Lipinski definition) is 1. The van der Waals surface area contributed by atoms with Gasteiger partial charge in [0.2, 0.25) is 5.84 Å². The number of carbonyl (C=O) groups excluding carboxylic acids is 1. The van der Waals surface area contributed by atoms with Crippen LogP contribution >= 0.6 is 0 Å². The lowest BCUT2D eigenvalue weighted by atomic mass is 10.2. The first-order chi connectivity index (χ1) is 8.12. The summed E-state index contributed by atoms with van der Waals surface area (Å²) < 4.78 is 28.3. The molecule has 1 aliphatic rings. The van der Waals surface area contributed by atoms with Crippen molar-refractivity contribution in [3.05, 3.63) is 0 Å². The third-order valence-electron chi connectivity index (χ3n) is 2.02. The van der Waals surface area contributed by atoms with Crippen LogP contribution in [0.4, 0.5) is 0 Å². The molecule has 0 amide bonds. The maximum Gasteiger partial charge on any atom is 0.328 e. The lowest BCUT2D eigenvalue weighted by Crippen LogP contribution is -2.44. The predicted molar refractivity (Wildman–Crippen MR) is 63.9 cm³/mol. The summed E-state index contributed by atoms with van der Waals surface area (Å²) in [4.78, 5) is 11.4. The van der Waals surface area contributed by atoms with Crippen LogP contribution in [0.1, 0.15) is 20.3 Å². The second-order valence-electron chi connectivity index (χ2n) is 3.13. The molecule has 1 aliphatic heterocycles. The van der Waals surface area contributed by atoms with Crippen LogP contribution in [0.15, 0.2) is 8.80 Å². The number of amidine groups is 1. The van der Waals surface area contributed by atoms with Gasteiger partial charge in [0.05, 0.1) is 13.7 Å². The van der Waals surface area contributed by atoms with Crippen molar-refractivity contribution < 1.29 is 18.5 Å². The number of ether oxygens (including phenoxy) is 2. The Morgan fingerprint density at radius 1 is 1.47 bits per heavy atom. The molecule has 0 spiro atoms. The first-order valence-corrected chi connectivity index (χ1v) is 6.25. The molecule has 7 nitrogen and oxygen atoms in total. The molecule has 0 aliphatic carbocycles. The molecule has 0 radical (unpaired) electrons. The summed E-state index contributed by atoms with van der Waals surface area (Å²) >= 11 is -1.68. The normalized spacial score (nSPS) is 20.3. The molecule has 1 rings (SSSR count). The first kappa shape index (κ1) is 13.6. The number of nitrogens with zero attached hydrogens (tertiary/aromatic N) is 2. The minimum absolute atomic E-state index is 0.160. The highest BCUT2D eigenvalue weighted by Crippen LogP contribution is 2.05. The number of methoxy groups -OCH3 is 1. The predicted octanol–water partition coefficient (Wildman–Crippen LogP) is -0.0466. The van der Waals surface area contributed by atoms with E-state index in [4.69, 9.17) is 4.74 Å². The van der Waals surface area contributed by atoms with Gasteiger partial charge < -0.3 is 14.8 Å². The Bertz CT molecular complexity index is 380. The lowest BCUT2D eigenvalue weighted by molar-refractivity contribution is -0.142. The molecule has 1 heterocycles. The molecule has 96 valence electrons. The van der Waals surface area contributed by atoms with Gasteiger partial charge in [-0.15, -0.1) is 8.80 Å². The van der Waals surface area contributed by atoms with E-state index in [2.05, 4.69) is 18.8 Å². The van der Waals surface area contributed by atoms with Crippen LogP contribution in [-0.4, -0.2) is 41.7 Å². The second-order valence-corrected chi connectivity index (χ2v) is 3.95. The monoisotopic (exact) mass is 261 g/mol. The van der Waals surface area contributed by atoms with Gasteiger partial charge >= 0.3 is 5.97 Å². The summed E-state index contributed by atoms with van der Waals surface area (Å²) in [6.07, 6.45) is 0.512. The topological polar surface area (TPSA) is 89.4 Å². The van der Waals surface area contributed by atoms with Crippen LogP contribution in [0.2, 0.25) is 0 Å². The Morgan fingerprint density at radius 3 is 2.71 bits per heavy atom. The van der Waals surface area contributed by atoms with E-state index in [9.17, 15) is 9.00 Å². The van der Waals surface area contributed by atoms with Crippen molar-refractivity contribution in [1.29, 1.82) is 0 Å². The molecule has 0 saturated heterocycles. The lowest BCUT2D eigenvalue weighted by Gasteiger charge is -2.15. The molecule has 0 aromatic heterocycles. The largest absolute Gasteiger partial charge is 0.475 e. The van der Waals surface area contributed by atoms with Crippen LogP contribution in [0, 0.1) is 0 Å². The molecular formula is C9H15N3O4S. The molecule has 0 bridgehead atoms. The van der Waals surface area contributed by atoms with Crippen molar-refractivity contribution in [2.45, 2.75) is 26.3 Å². The maximum absolute atomic E-state index is 11.4. The van der Waals surface area contributed by atoms with Gasteiger partial charge in [0, 0.05) is 0 Å². The fraction of sp³-hybridized carbons (Fsp3) is 0.667. The average molecular weight is 261 g/mol. The summed E-state index contributed by atoms with van der Waals surface area (Å²) in [7, 11) is 1.30. The van der Waals surface area contributed by atoms with Gasteiger partial charge in [-0.1, -0.05) is 6.92 Å². The fourth-order valence-corrected chi connectivity index (χ4v) is 1.82. The Balaban J connectivity index is 2.73. The molecule has 2 unspecified atom stereocenters. The van der Waals surface area contributed by atoms with E-state index in [0.717, 1.165) is 0 Å². The van der Waals surface area contributed by atoms with Crippen molar-refractivity contribution in [3.63, 3.8) is 0 Å². The molecule has 2 atom stereocenters. The molecule has 0 aromatic rings. The van der Waals surface area contributed by atoms with Gasteiger partial charge in [-0.25, -0.2) is 9.00 Å². The zero-order valence-electron chi connectivity index (χ0n) is 9.93. The smallest absolute Gasteiger partial charge is 0.328 e. The van der Waals surface area contributed by atoms with Crippen molar-refractivity contribution in [1.82, 2.24) is 5.32 Å². The number of carbonyl (C=O) groups is 1. The van der Waals surface area contributed by atoms with Gasteiger partial charge in [-0.2, -0.15) is 0 Å². The van der Waals surface area contributed by atoms with Crippen LogP contribution < -0.4 is 5.32 Å². The van der Waals surface area contributed by atoms with Crippen molar-refractivity contribution in [3.8, 4) is 0 Å². The number of rotatable bonds is 4. The molecule has 1 N–H and O–H groups in total. The zero-order valence-corrected chi connectivity index (χ0v) is 10.7. The first-order valence-electron chi connectivity index (χ1n) is 5.19. The summed E-state index contributed by atoms with van der Waals surface area (Å²) in [6.45, 7) is 3.98. The van der Waals surface area contributed by atoms with Gasteiger partial charge in [0.25, 0.3) is 17.1 Å². The van der Waals surface area contributed by atoms with E-state index in [1.54, 1.807) is 6.92 Å². The van der Waals surface area contributed by atoms with E-state index in [0.29, 0.717) is 13.0 Å². The summed E-state index contributed by atoms with van der Waals surface area (Å²) in [5.41, 5.74) is 0. The van der Waals surface area contributed by atoms with Crippen LogP contribution in [0.3, 0.4) is 0 Å². The van der Waals surface area contributed by atoms with Gasteiger partial charge in [0.15, 0.2) is 0 Å². The Hall–Kier alpha value is -1.44. The van der Waals surface area contributed by atoms with Gasteiger partial charge in [0.1, 0.15) is 6.04 Å².